The number of ether oxygens (including phenoxy) is 1. The van der Waals surface area contributed by atoms with E-state index in [2.05, 4.69) is 33.6 Å². The predicted molar refractivity (Wildman–Crippen MR) is 105 cm³/mol. The summed E-state index contributed by atoms with van der Waals surface area (Å²) in [6.45, 7) is 3.27. The Morgan fingerprint density at radius 2 is 2.08 bits per heavy atom. The smallest absolute Gasteiger partial charge is 0.193 e. The first-order chi connectivity index (χ1) is 12.2. The highest BCUT2D eigenvalue weighted by molar-refractivity contribution is 8.00. The Balaban J connectivity index is 1.62. The zero-order valence-corrected chi connectivity index (χ0v) is 16.1. The van der Waals surface area contributed by atoms with E-state index >= 15 is 0 Å². The van der Waals surface area contributed by atoms with Crippen LogP contribution in [0.5, 0.6) is 0 Å². The third kappa shape index (κ3) is 4.30. The molecule has 1 aliphatic heterocycles. The zero-order valence-electron chi connectivity index (χ0n) is 15.2. The van der Waals surface area contributed by atoms with Crippen LogP contribution in [0.4, 0.5) is 0 Å². The van der Waals surface area contributed by atoms with E-state index in [4.69, 9.17) is 9.15 Å². The fourth-order valence-corrected chi connectivity index (χ4v) is 4.04. The molecule has 1 aliphatic rings. The van der Waals surface area contributed by atoms with Crippen LogP contribution in [-0.2, 0) is 11.3 Å². The van der Waals surface area contributed by atoms with Gasteiger partial charge in [0.2, 0.25) is 0 Å². The van der Waals surface area contributed by atoms with Crippen molar-refractivity contribution in [2.45, 2.75) is 24.1 Å². The maximum atomic E-state index is 5.92. The highest BCUT2D eigenvalue weighted by atomic mass is 32.2. The monoisotopic (exact) mass is 361 g/mol. The molecule has 5 nitrogen and oxygen atoms in total. The maximum Gasteiger partial charge on any atom is 0.193 e. The van der Waals surface area contributed by atoms with Crippen LogP contribution < -0.4 is 5.32 Å². The van der Waals surface area contributed by atoms with E-state index in [0.717, 1.165) is 55.3 Å². The molecule has 0 atom stereocenters. The van der Waals surface area contributed by atoms with E-state index in [1.165, 1.54) is 0 Å². The molecule has 1 aromatic carbocycles. The van der Waals surface area contributed by atoms with Crippen LogP contribution in [0.3, 0.4) is 0 Å². The van der Waals surface area contributed by atoms with Gasteiger partial charge in [0, 0.05) is 44.0 Å². The SMILES string of the molecule is CN=C(NCC1(SC)CCOCC1)N(C)Cc1cc2ccccc2o1. The van der Waals surface area contributed by atoms with Crippen molar-refractivity contribution in [1.82, 2.24) is 10.2 Å². The second kappa shape index (κ2) is 8.15. The molecule has 0 radical (unpaired) electrons. The number of nitrogens with one attached hydrogen (secondary N) is 1. The Morgan fingerprint density at radius 3 is 2.76 bits per heavy atom. The summed E-state index contributed by atoms with van der Waals surface area (Å²) in [6.07, 6.45) is 4.34. The van der Waals surface area contributed by atoms with Crippen LogP contribution in [0.25, 0.3) is 11.0 Å². The van der Waals surface area contributed by atoms with E-state index in [1.54, 1.807) is 0 Å². The molecular weight excluding hydrogens is 334 g/mol. The Hall–Kier alpha value is -1.66. The summed E-state index contributed by atoms with van der Waals surface area (Å²) in [6, 6.07) is 10.2. The molecule has 6 heteroatoms. The van der Waals surface area contributed by atoms with E-state index in [1.807, 2.05) is 44.1 Å². The molecule has 2 aromatic rings. The lowest BCUT2D eigenvalue weighted by atomic mass is 9.99. The average molecular weight is 362 g/mol. The molecule has 0 aliphatic carbocycles. The van der Waals surface area contributed by atoms with Crippen LogP contribution in [0.15, 0.2) is 39.7 Å². The predicted octanol–water partition coefficient (Wildman–Crippen LogP) is 3.35. The Bertz CT molecular complexity index is 689. The lowest BCUT2D eigenvalue weighted by molar-refractivity contribution is 0.0781. The van der Waals surface area contributed by atoms with Gasteiger partial charge in [0.25, 0.3) is 0 Å². The summed E-state index contributed by atoms with van der Waals surface area (Å²) in [4.78, 5) is 6.54. The first kappa shape index (κ1) is 18.1. The number of para-hydroxylation sites is 1. The number of thioether (sulfide) groups is 1. The molecular formula is C19H27N3O2S. The maximum absolute atomic E-state index is 5.92. The lowest BCUT2D eigenvalue weighted by Crippen LogP contribution is -2.48. The number of hydrogen-bond acceptors (Lipinski definition) is 4. The number of nitrogens with zero attached hydrogens (tertiary/aromatic N) is 2. The number of guanidine groups is 1. The molecule has 1 aromatic heterocycles. The summed E-state index contributed by atoms with van der Waals surface area (Å²) in [5.74, 6) is 1.83. The first-order valence-electron chi connectivity index (χ1n) is 8.68. The molecule has 0 bridgehead atoms. The zero-order chi connectivity index (χ0) is 17.7. The first-order valence-corrected chi connectivity index (χ1v) is 9.90. The Morgan fingerprint density at radius 1 is 1.32 bits per heavy atom. The van der Waals surface area contributed by atoms with Gasteiger partial charge in [-0.15, -0.1) is 0 Å². The van der Waals surface area contributed by atoms with E-state index in [-0.39, 0.29) is 4.75 Å². The minimum Gasteiger partial charge on any atom is -0.459 e. The van der Waals surface area contributed by atoms with Crippen molar-refractivity contribution in [1.29, 1.82) is 0 Å². The summed E-state index contributed by atoms with van der Waals surface area (Å²) in [5.41, 5.74) is 0.928. The van der Waals surface area contributed by atoms with Gasteiger partial charge >= 0.3 is 0 Å². The van der Waals surface area contributed by atoms with Gasteiger partial charge in [0.05, 0.1) is 6.54 Å². The minimum absolute atomic E-state index is 0.231. The van der Waals surface area contributed by atoms with Gasteiger partial charge in [-0.25, -0.2) is 0 Å². The summed E-state index contributed by atoms with van der Waals surface area (Å²) < 4.78 is 11.7. The standard InChI is InChI=1S/C19H27N3O2S/c1-20-18(21-14-19(25-3)8-10-23-11-9-19)22(2)13-16-12-15-6-4-5-7-17(15)24-16/h4-7,12H,8-11,13-14H2,1-3H3,(H,20,21). The summed E-state index contributed by atoms with van der Waals surface area (Å²) in [7, 11) is 3.87. The molecule has 3 rings (SSSR count). The second-order valence-corrected chi connectivity index (χ2v) is 7.78. The highest BCUT2D eigenvalue weighted by Crippen LogP contribution is 2.33. The molecule has 2 heterocycles. The summed E-state index contributed by atoms with van der Waals surface area (Å²) in [5, 5.41) is 4.68. The average Bonchev–Trinajstić information content (AvgIpc) is 3.05. The van der Waals surface area contributed by atoms with Gasteiger partial charge in [0.15, 0.2) is 5.96 Å². The molecule has 0 spiro atoms. The number of aliphatic imine (C=N–C) groups is 1. The van der Waals surface area contributed by atoms with E-state index in [0.29, 0.717) is 6.54 Å². The van der Waals surface area contributed by atoms with Crippen molar-refractivity contribution < 1.29 is 9.15 Å². The van der Waals surface area contributed by atoms with Crippen LogP contribution in [0, 0.1) is 0 Å². The topological polar surface area (TPSA) is 50.0 Å². The van der Waals surface area contributed by atoms with E-state index < -0.39 is 0 Å². The van der Waals surface area contributed by atoms with Crippen molar-refractivity contribution in [3.63, 3.8) is 0 Å². The van der Waals surface area contributed by atoms with Gasteiger partial charge < -0.3 is 19.4 Å². The molecule has 25 heavy (non-hydrogen) atoms. The molecule has 136 valence electrons. The number of benzene rings is 1. The lowest BCUT2D eigenvalue weighted by Gasteiger charge is -2.36. The van der Waals surface area contributed by atoms with E-state index in [9.17, 15) is 0 Å². The third-order valence-electron chi connectivity index (χ3n) is 4.85. The molecule has 0 unspecified atom stereocenters. The van der Waals surface area contributed by atoms with Crippen molar-refractivity contribution in [2.75, 3.05) is 40.1 Å². The fraction of sp³-hybridized carbons (Fsp3) is 0.526. The largest absolute Gasteiger partial charge is 0.459 e. The van der Waals surface area contributed by atoms with Crippen LogP contribution in [0.2, 0.25) is 0 Å². The number of furan rings is 1. The van der Waals surface area contributed by atoms with Crippen molar-refractivity contribution in [3.05, 3.63) is 36.1 Å². The molecule has 1 N–H and O–H groups in total. The van der Waals surface area contributed by atoms with Crippen LogP contribution in [0.1, 0.15) is 18.6 Å². The number of rotatable bonds is 5. The number of hydrogen-bond donors (Lipinski definition) is 1. The quantitative estimate of drug-likeness (QED) is 0.654. The van der Waals surface area contributed by atoms with Gasteiger partial charge in [-0.1, -0.05) is 18.2 Å². The Kier molecular flexibility index (Phi) is 5.91. The second-order valence-electron chi connectivity index (χ2n) is 6.51. The van der Waals surface area contributed by atoms with Gasteiger partial charge in [-0.2, -0.15) is 11.8 Å². The van der Waals surface area contributed by atoms with Crippen molar-refractivity contribution in [3.8, 4) is 0 Å². The van der Waals surface area contributed by atoms with Gasteiger partial charge in [0.1, 0.15) is 11.3 Å². The molecule has 1 saturated heterocycles. The van der Waals surface area contributed by atoms with Crippen LogP contribution >= 0.6 is 11.8 Å². The molecule has 0 amide bonds. The summed E-state index contributed by atoms with van der Waals surface area (Å²) >= 11 is 1.93. The number of fused-ring (bicyclic) bond motifs is 1. The Labute approximate surface area is 153 Å². The molecule has 1 fully saturated rings. The van der Waals surface area contributed by atoms with Gasteiger partial charge in [-0.3, -0.25) is 4.99 Å². The normalized spacial score (nSPS) is 17.6. The highest BCUT2D eigenvalue weighted by Gasteiger charge is 2.32. The van der Waals surface area contributed by atoms with Gasteiger partial charge in [-0.05, 0) is 31.2 Å². The fourth-order valence-electron chi connectivity index (χ4n) is 3.24. The van der Waals surface area contributed by atoms with Crippen LogP contribution in [-0.4, -0.2) is 55.7 Å². The third-order valence-corrected chi connectivity index (χ3v) is 6.27. The minimum atomic E-state index is 0.231. The van der Waals surface area contributed by atoms with Crippen molar-refractivity contribution >= 4 is 28.7 Å². The van der Waals surface area contributed by atoms with Crippen molar-refractivity contribution in [2.24, 2.45) is 4.99 Å². The molecule has 0 saturated carbocycles.